The largest absolute Gasteiger partial charge is 0.370 e. The third-order valence-corrected chi connectivity index (χ3v) is 6.37. The summed E-state index contributed by atoms with van der Waals surface area (Å²) in [7, 11) is 0. The van der Waals surface area contributed by atoms with E-state index in [0.29, 0.717) is 17.2 Å². The molecule has 2 heterocycles. The van der Waals surface area contributed by atoms with E-state index in [1.807, 2.05) is 42.3 Å². The molecule has 13 nitrogen and oxygen atoms in total. The molecule has 0 unspecified atom stereocenters. The molecule has 1 saturated heterocycles. The van der Waals surface area contributed by atoms with Gasteiger partial charge in [0.05, 0.1) is 16.3 Å². The SMILES string of the molecule is CCCCn1ccn(-c2c(C)cc(C)cc2C)/c1=N\N=Nc1ccc([N+](=O)[O-])c(C(=O)ON2C(=O)CCC2=O)c1. The first-order valence-electron chi connectivity index (χ1n) is 12.8. The zero-order chi connectivity index (χ0) is 29.0. The fraction of sp³-hybridized carbons (Fsp3) is 0.333. The number of imidazole rings is 1. The molecule has 1 aliphatic heterocycles. The van der Waals surface area contributed by atoms with E-state index in [1.165, 1.54) is 6.07 Å². The number of rotatable bonds is 9. The smallest absolute Gasteiger partial charge is 0.325 e. The average Bonchev–Trinajstić information content (AvgIpc) is 3.44. The number of aryl methyl sites for hydroxylation is 4. The van der Waals surface area contributed by atoms with Gasteiger partial charge < -0.3 is 9.40 Å². The van der Waals surface area contributed by atoms with Gasteiger partial charge in [-0.2, -0.15) is 0 Å². The van der Waals surface area contributed by atoms with Crippen molar-refractivity contribution in [3.63, 3.8) is 0 Å². The Morgan fingerprint density at radius 1 is 1.05 bits per heavy atom. The van der Waals surface area contributed by atoms with Gasteiger partial charge in [0.25, 0.3) is 17.5 Å². The second-order valence-electron chi connectivity index (χ2n) is 9.47. The molecule has 0 aliphatic carbocycles. The normalized spacial score (nSPS) is 14.0. The number of nitrogens with zero attached hydrogens (tertiary/aromatic N) is 7. The maximum atomic E-state index is 12.7. The Bertz CT molecular complexity index is 1560. The molecule has 4 rings (SSSR count). The third-order valence-electron chi connectivity index (χ3n) is 6.37. The van der Waals surface area contributed by atoms with Crippen LogP contribution in [0, 0.1) is 30.9 Å². The molecule has 208 valence electrons. The van der Waals surface area contributed by atoms with E-state index in [-0.39, 0.29) is 18.5 Å². The highest BCUT2D eigenvalue weighted by molar-refractivity contribution is 6.03. The number of unbranched alkanes of at least 4 members (excludes halogenated alkanes) is 1. The van der Waals surface area contributed by atoms with E-state index in [9.17, 15) is 24.5 Å². The Balaban J connectivity index is 1.71. The van der Waals surface area contributed by atoms with Crippen LogP contribution in [-0.4, -0.2) is 36.9 Å². The van der Waals surface area contributed by atoms with Crippen molar-refractivity contribution in [3.8, 4) is 5.69 Å². The third kappa shape index (κ3) is 5.87. The van der Waals surface area contributed by atoms with Crippen molar-refractivity contribution in [1.29, 1.82) is 0 Å². The number of carbonyl (C=O) groups excluding carboxylic acids is 3. The van der Waals surface area contributed by atoms with E-state index < -0.39 is 34.0 Å². The molecular formula is C27H29N7O6. The molecule has 0 atom stereocenters. The second-order valence-corrected chi connectivity index (χ2v) is 9.47. The molecule has 0 N–H and O–H groups in total. The van der Waals surface area contributed by atoms with Crippen LogP contribution in [0.1, 0.15) is 59.7 Å². The van der Waals surface area contributed by atoms with Crippen molar-refractivity contribution in [3.05, 3.63) is 80.7 Å². The van der Waals surface area contributed by atoms with Crippen LogP contribution >= 0.6 is 0 Å². The lowest BCUT2D eigenvalue weighted by molar-refractivity contribution is -0.385. The van der Waals surface area contributed by atoms with E-state index in [1.54, 1.807) is 0 Å². The molecule has 0 spiro atoms. The van der Waals surface area contributed by atoms with Crippen LogP contribution in [0.25, 0.3) is 5.69 Å². The molecule has 1 aromatic heterocycles. The number of benzene rings is 2. The first kappa shape index (κ1) is 28.1. The van der Waals surface area contributed by atoms with Crippen LogP contribution in [0.2, 0.25) is 0 Å². The van der Waals surface area contributed by atoms with Crippen molar-refractivity contribution in [1.82, 2.24) is 14.2 Å². The second kappa shape index (κ2) is 11.8. The molecule has 3 aromatic rings. The lowest BCUT2D eigenvalue weighted by atomic mass is 10.1. The number of carbonyl (C=O) groups is 3. The maximum absolute atomic E-state index is 12.7. The molecule has 1 fully saturated rings. The highest BCUT2D eigenvalue weighted by atomic mass is 16.7. The molecule has 40 heavy (non-hydrogen) atoms. The number of hydrogen-bond acceptors (Lipinski definition) is 8. The number of amides is 2. The molecule has 2 amide bonds. The van der Waals surface area contributed by atoms with Crippen molar-refractivity contribution in [2.75, 3.05) is 0 Å². The predicted molar refractivity (Wildman–Crippen MR) is 143 cm³/mol. The summed E-state index contributed by atoms with van der Waals surface area (Å²) in [4.78, 5) is 51.9. The fourth-order valence-corrected chi connectivity index (χ4v) is 4.57. The van der Waals surface area contributed by atoms with Crippen molar-refractivity contribution >= 4 is 29.2 Å². The number of imide groups is 1. The topological polar surface area (TPSA) is 154 Å². The van der Waals surface area contributed by atoms with Gasteiger partial charge in [-0.05, 0) is 55.7 Å². The number of hydroxylamine groups is 2. The Morgan fingerprint density at radius 3 is 2.35 bits per heavy atom. The van der Waals surface area contributed by atoms with E-state index >= 15 is 0 Å². The Kier molecular flexibility index (Phi) is 8.31. The van der Waals surface area contributed by atoms with Gasteiger partial charge in [-0.15, -0.1) is 10.2 Å². The van der Waals surface area contributed by atoms with Gasteiger partial charge in [0.15, 0.2) is 0 Å². The Hall–Kier alpha value is -4.94. The van der Waals surface area contributed by atoms with E-state index in [0.717, 1.165) is 47.4 Å². The Labute approximate surface area is 229 Å². The van der Waals surface area contributed by atoms with Gasteiger partial charge >= 0.3 is 5.97 Å². The summed E-state index contributed by atoms with van der Waals surface area (Å²) in [6, 6.07) is 7.65. The van der Waals surface area contributed by atoms with Gasteiger partial charge in [-0.1, -0.05) is 36.1 Å². The average molecular weight is 548 g/mol. The fourth-order valence-electron chi connectivity index (χ4n) is 4.57. The van der Waals surface area contributed by atoms with Crippen LogP contribution in [0.15, 0.2) is 58.2 Å². The summed E-state index contributed by atoms with van der Waals surface area (Å²) in [6.07, 6.45) is 5.53. The van der Waals surface area contributed by atoms with E-state index in [2.05, 4.69) is 34.5 Å². The summed E-state index contributed by atoms with van der Waals surface area (Å²) in [5, 5.41) is 24.3. The molecule has 0 bridgehead atoms. The summed E-state index contributed by atoms with van der Waals surface area (Å²) >= 11 is 0. The minimum Gasteiger partial charge on any atom is -0.325 e. The first-order chi connectivity index (χ1) is 19.1. The van der Waals surface area contributed by atoms with Gasteiger partial charge in [-0.25, -0.2) is 4.79 Å². The highest BCUT2D eigenvalue weighted by Gasteiger charge is 2.35. The monoisotopic (exact) mass is 547 g/mol. The molecular weight excluding hydrogens is 518 g/mol. The molecule has 0 radical (unpaired) electrons. The molecule has 1 aliphatic rings. The lowest BCUT2D eigenvalue weighted by Gasteiger charge is -2.12. The first-order valence-corrected chi connectivity index (χ1v) is 12.8. The summed E-state index contributed by atoms with van der Waals surface area (Å²) in [6.45, 7) is 8.89. The summed E-state index contributed by atoms with van der Waals surface area (Å²) in [5.74, 6) is -2.64. The van der Waals surface area contributed by atoms with Gasteiger partial charge in [0.1, 0.15) is 5.56 Å². The zero-order valence-electron chi connectivity index (χ0n) is 22.7. The van der Waals surface area contributed by atoms with Crippen LogP contribution in [0.4, 0.5) is 11.4 Å². The standard InChI is InChI=1S/C27H29N7O6/c1-5-6-11-31-12-13-32(25-18(3)14-17(2)15-19(25)4)27(31)29-30-28-20-7-8-22(34(38)39)21(16-20)26(37)40-33-23(35)9-10-24(33)36/h7-8,12-16H,5-6,9-11H2,1-4H3/b29-27-,30-28?. The number of aromatic nitrogens is 2. The van der Waals surface area contributed by atoms with Gasteiger partial charge in [-0.3, -0.25) is 24.3 Å². The number of nitro benzene ring substituents is 1. The van der Waals surface area contributed by atoms with Crippen LogP contribution in [0.3, 0.4) is 0 Å². The maximum Gasteiger partial charge on any atom is 0.370 e. The van der Waals surface area contributed by atoms with Gasteiger partial charge in [0.2, 0.25) is 5.62 Å². The number of nitro groups is 1. The van der Waals surface area contributed by atoms with Crippen LogP contribution in [-0.2, 0) is 21.0 Å². The Morgan fingerprint density at radius 2 is 1.73 bits per heavy atom. The molecule has 2 aromatic carbocycles. The zero-order valence-corrected chi connectivity index (χ0v) is 22.7. The van der Waals surface area contributed by atoms with Crippen molar-refractivity contribution < 1.29 is 24.1 Å². The quantitative estimate of drug-likeness (QED) is 0.163. The van der Waals surface area contributed by atoms with Crippen molar-refractivity contribution in [2.24, 2.45) is 15.4 Å². The summed E-state index contributed by atoms with van der Waals surface area (Å²) in [5.41, 5.74) is 3.81. The minimum absolute atomic E-state index is 0.0845. The highest BCUT2D eigenvalue weighted by Crippen LogP contribution is 2.27. The number of hydrogen-bond donors (Lipinski definition) is 0. The molecule has 0 saturated carbocycles. The van der Waals surface area contributed by atoms with Crippen LogP contribution in [0.5, 0.6) is 0 Å². The summed E-state index contributed by atoms with van der Waals surface area (Å²) < 4.78 is 3.89. The predicted octanol–water partition coefficient (Wildman–Crippen LogP) is 4.73. The van der Waals surface area contributed by atoms with Crippen LogP contribution < -0.4 is 5.62 Å². The van der Waals surface area contributed by atoms with Crippen molar-refractivity contribution in [2.45, 2.75) is 59.9 Å². The molecule has 13 heteroatoms. The van der Waals surface area contributed by atoms with Gasteiger partial charge in [0, 0.05) is 37.8 Å². The lowest BCUT2D eigenvalue weighted by Crippen LogP contribution is -2.32. The minimum atomic E-state index is -1.24. The van der Waals surface area contributed by atoms with E-state index in [4.69, 9.17) is 4.84 Å².